The van der Waals surface area contributed by atoms with Crippen LogP contribution in [0, 0.1) is 23.7 Å². The van der Waals surface area contributed by atoms with Crippen LogP contribution in [-0.4, -0.2) is 0 Å². The fraction of sp³-hybridized carbons (Fsp3) is 0.733. The van der Waals surface area contributed by atoms with Gasteiger partial charge in [-0.05, 0) is 56.3 Å². The third kappa shape index (κ3) is 2.04. The zero-order valence-electron chi connectivity index (χ0n) is 10.4. The predicted molar refractivity (Wildman–Crippen MR) is 66.7 cm³/mol. The molecule has 2 rings (SSSR count). The smallest absolute Gasteiger partial charge is 0.0166 e. The highest BCUT2D eigenvalue weighted by Gasteiger charge is 2.39. The average molecular weight is 204 g/mol. The van der Waals surface area contributed by atoms with Gasteiger partial charge in [0.15, 0.2) is 0 Å². The molecule has 0 N–H and O–H groups in total. The van der Waals surface area contributed by atoms with Crippen molar-refractivity contribution in [3.8, 4) is 0 Å². The Hall–Kier alpha value is -0.520. The van der Waals surface area contributed by atoms with Gasteiger partial charge in [0.25, 0.3) is 0 Å². The maximum atomic E-state index is 4.04. The van der Waals surface area contributed by atoms with E-state index < -0.39 is 0 Å². The zero-order chi connectivity index (χ0) is 11.0. The van der Waals surface area contributed by atoms with E-state index in [0.29, 0.717) is 0 Å². The van der Waals surface area contributed by atoms with Crippen molar-refractivity contribution in [3.05, 3.63) is 23.8 Å². The molecule has 0 unspecified atom stereocenters. The van der Waals surface area contributed by atoms with Gasteiger partial charge >= 0.3 is 0 Å². The molecular weight excluding hydrogens is 180 g/mol. The predicted octanol–water partition coefficient (Wildman–Crippen LogP) is 4.58. The first-order valence-electron chi connectivity index (χ1n) is 6.46. The van der Waals surface area contributed by atoms with Crippen molar-refractivity contribution in [1.29, 1.82) is 0 Å². The number of fused-ring (bicyclic) bond motifs is 1. The molecule has 0 aromatic carbocycles. The second-order valence-corrected chi connectivity index (χ2v) is 5.79. The summed E-state index contributed by atoms with van der Waals surface area (Å²) in [6, 6.07) is 0. The summed E-state index contributed by atoms with van der Waals surface area (Å²) in [6.45, 7) is 11.0. The molecule has 0 aliphatic heterocycles. The first kappa shape index (κ1) is 11.0. The molecule has 0 bridgehead atoms. The van der Waals surface area contributed by atoms with Gasteiger partial charge in [0.2, 0.25) is 0 Å². The topological polar surface area (TPSA) is 0 Å². The third-order valence-corrected chi connectivity index (χ3v) is 4.52. The Morgan fingerprint density at radius 2 is 1.93 bits per heavy atom. The van der Waals surface area contributed by atoms with Crippen LogP contribution in [0.2, 0.25) is 0 Å². The summed E-state index contributed by atoms with van der Waals surface area (Å²) in [4.78, 5) is 0. The van der Waals surface area contributed by atoms with E-state index in [1.807, 2.05) is 0 Å². The Balaban J connectivity index is 2.23. The SMILES string of the molecule is C=C(C)/C=C1/[C@@H](C)CC[C@H]2[C@@H](C)CC[C@@H]12. The van der Waals surface area contributed by atoms with Gasteiger partial charge in [-0.15, -0.1) is 0 Å². The summed E-state index contributed by atoms with van der Waals surface area (Å²) in [5.74, 6) is 3.62. The second-order valence-electron chi connectivity index (χ2n) is 5.79. The molecule has 0 saturated heterocycles. The van der Waals surface area contributed by atoms with Gasteiger partial charge in [0, 0.05) is 0 Å². The minimum absolute atomic E-state index is 0.799. The zero-order valence-corrected chi connectivity index (χ0v) is 10.4. The monoisotopic (exact) mass is 204 g/mol. The highest BCUT2D eigenvalue weighted by atomic mass is 14.4. The van der Waals surface area contributed by atoms with E-state index in [2.05, 4.69) is 33.4 Å². The second kappa shape index (κ2) is 4.15. The van der Waals surface area contributed by atoms with Crippen LogP contribution >= 0.6 is 0 Å². The lowest BCUT2D eigenvalue weighted by Crippen LogP contribution is -2.25. The Bertz CT molecular complexity index is 284. The molecule has 0 aromatic heterocycles. The number of hydrogen-bond acceptors (Lipinski definition) is 0. The Kier molecular flexibility index (Phi) is 3.04. The molecule has 84 valence electrons. The van der Waals surface area contributed by atoms with Crippen molar-refractivity contribution in [3.63, 3.8) is 0 Å². The summed E-state index contributed by atoms with van der Waals surface area (Å²) in [5, 5.41) is 0. The van der Waals surface area contributed by atoms with Crippen molar-refractivity contribution in [2.45, 2.75) is 46.5 Å². The van der Waals surface area contributed by atoms with Gasteiger partial charge in [-0.25, -0.2) is 0 Å². The Morgan fingerprint density at radius 3 is 2.60 bits per heavy atom. The maximum Gasteiger partial charge on any atom is -0.0166 e. The van der Waals surface area contributed by atoms with Crippen LogP contribution < -0.4 is 0 Å². The molecule has 0 spiro atoms. The van der Waals surface area contributed by atoms with Crippen LogP contribution in [0.5, 0.6) is 0 Å². The number of hydrogen-bond donors (Lipinski definition) is 0. The van der Waals surface area contributed by atoms with Crippen molar-refractivity contribution < 1.29 is 0 Å². The standard InChI is InChI=1S/C15H24/c1-10(2)9-15-12(4)5-7-13-11(3)6-8-14(13)15/h9,11-14H,1,5-8H2,2-4H3/b15-9-/t11-,12-,13-,14+/m0/s1. The lowest BCUT2D eigenvalue weighted by Gasteiger charge is -2.35. The minimum atomic E-state index is 0.799. The number of rotatable bonds is 1. The molecule has 2 saturated carbocycles. The molecule has 2 aliphatic rings. The van der Waals surface area contributed by atoms with E-state index in [0.717, 1.165) is 23.7 Å². The van der Waals surface area contributed by atoms with Crippen LogP contribution in [0.25, 0.3) is 0 Å². The van der Waals surface area contributed by atoms with Gasteiger partial charge in [-0.2, -0.15) is 0 Å². The molecule has 2 aliphatic carbocycles. The maximum absolute atomic E-state index is 4.04. The largest absolute Gasteiger partial charge is 0.0961 e. The first-order chi connectivity index (χ1) is 7.09. The summed E-state index contributed by atoms with van der Waals surface area (Å²) < 4.78 is 0. The molecule has 0 nitrogen and oxygen atoms in total. The van der Waals surface area contributed by atoms with Gasteiger partial charge in [-0.1, -0.05) is 37.6 Å². The van der Waals surface area contributed by atoms with Crippen molar-refractivity contribution in [2.24, 2.45) is 23.7 Å². The van der Waals surface area contributed by atoms with Gasteiger partial charge < -0.3 is 0 Å². The van der Waals surface area contributed by atoms with Crippen LogP contribution in [-0.2, 0) is 0 Å². The molecule has 15 heavy (non-hydrogen) atoms. The quantitative estimate of drug-likeness (QED) is 0.586. The highest BCUT2D eigenvalue weighted by molar-refractivity contribution is 5.25. The molecular formula is C15H24. The lowest BCUT2D eigenvalue weighted by molar-refractivity contribution is 0.259. The fourth-order valence-corrected chi connectivity index (χ4v) is 3.68. The summed E-state index contributed by atoms with van der Waals surface area (Å²) in [6.07, 6.45) is 8.09. The molecule has 4 atom stereocenters. The van der Waals surface area contributed by atoms with E-state index in [-0.39, 0.29) is 0 Å². The van der Waals surface area contributed by atoms with E-state index in [1.165, 1.54) is 31.3 Å². The molecule has 0 radical (unpaired) electrons. The normalized spacial score (nSPS) is 43.0. The molecule has 0 heterocycles. The highest BCUT2D eigenvalue weighted by Crippen LogP contribution is 2.50. The number of allylic oxidation sites excluding steroid dienone is 3. The van der Waals surface area contributed by atoms with E-state index in [9.17, 15) is 0 Å². The fourth-order valence-electron chi connectivity index (χ4n) is 3.68. The van der Waals surface area contributed by atoms with Crippen molar-refractivity contribution in [1.82, 2.24) is 0 Å². The van der Waals surface area contributed by atoms with Gasteiger partial charge in [0.05, 0.1) is 0 Å². The van der Waals surface area contributed by atoms with Gasteiger partial charge in [-0.3, -0.25) is 0 Å². The average Bonchev–Trinajstić information content (AvgIpc) is 2.52. The summed E-state index contributed by atoms with van der Waals surface area (Å²) in [7, 11) is 0. The van der Waals surface area contributed by atoms with Crippen molar-refractivity contribution >= 4 is 0 Å². The van der Waals surface area contributed by atoms with Crippen LogP contribution in [0.3, 0.4) is 0 Å². The summed E-state index contributed by atoms with van der Waals surface area (Å²) >= 11 is 0. The molecule has 0 amide bonds. The summed E-state index contributed by atoms with van der Waals surface area (Å²) in [5.41, 5.74) is 2.94. The Labute approximate surface area is 94.5 Å². The van der Waals surface area contributed by atoms with Crippen LogP contribution in [0.15, 0.2) is 23.8 Å². The molecule has 2 fully saturated rings. The van der Waals surface area contributed by atoms with Crippen molar-refractivity contribution in [2.75, 3.05) is 0 Å². The van der Waals surface area contributed by atoms with E-state index in [1.54, 1.807) is 5.57 Å². The van der Waals surface area contributed by atoms with Crippen LogP contribution in [0.1, 0.15) is 46.5 Å². The Morgan fingerprint density at radius 1 is 1.20 bits per heavy atom. The first-order valence-corrected chi connectivity index (χ1v) is 6.46. The molecule has 0 heteroatoms. The lowest BCUT2D eigenvalue weighted by atomic mass is 9.70. The van der Waals surface area contributed by atoms with Gasteiger partial charge in [0.1, 0.15) is 0 Å². The van der Waals surface area contributed by atoms with E-state index >= 15 is 0 Å². The minimum Gasteiger partial charge on any atom is -0.0961 e. The molecule has 0 aromatic rings. The van der Waals surface area contributed by atoms with E-state index in [4.69, 9.17) is 0 Å². The third-order valence-electron chi connectivity index (χ3n) is 4.52. The van der Waals surface area contributed by atoms with Crippen LogP contribution in [0.4, 0.5) is 0 Å².